The van der Waals surface area contributed by atoms with E-state index in [0.717, 1.165) is 4.90 Å². The van der Waals surface area contributed by atoms with Gasteiger partial charge in [-0.15, -0.1) is 0 Å². The molecule has 1 aliphatic heterocycles. The topological polar surface area (TPSA) is 71.5 Å². The van der Waals surface area contributed by atoms with Gasteiger partial charge < -0.3 is 0 Å². The molecule has 2 amide bonds. The van der Waals surface area contributed by atoms with Gasteiger partial charge in [-0.3, -0.25) is 14.5 Å². The first-order chi connectivity index (χ1) is 9.34. The zero-order chi connectivity index (χ0) is 14.9. The van der Waals surface area contributed by atoms with Gasteiger partial charge in [0, 0.05) is 6.54 Å². The van der Waals surface area contributed by atoms with Gasteiger partial charge in [0.1, 0.15) is 0 Å². The largest absolute Gasteiger partial charge is 0.336 e. The van der Waals surface area contributed by atoms with Crippen LogP contribution >= 0.6 is 0 Å². The van der Waals surface area contributed by atoms with E-state index in [0.29, 0.717) is 0 Å². The summed E-state index contributed by atoms with van der Waals surface area (Å²) in [5.74, 6) is -5.26. The number of hydrogen-bond donors (Lipinski definition) is 0. The highest BCUT2D eigenvalue weighted by molar-refractivity contribution is 7.91. The molecule has 1 aromatic rings. The Balaban J connectivity index is 2.03. The van der Waals surface area contributed by atoms with Crippen LogP contribution in [0.5, 0.6) is 0 Å². The maximum Gasteiger partial charge on any atom is 0.336 e. The Hall–Kier alpha value is -1.83. The Morgan fingerprint density at radius 2 is 1.55 bits per heavy atom. The van der Waals surface area contributed by atoms with Crippen molar-refractivity contribution in [1.82, 2.24) is 4.90 Å². The Bertz CT molecular complexity index is 622. The molecule has 0 unspecified atom stereocenters. The average Bonchev–Trinajstić information content (AvgIpc) is 2.64. The molecule has 0 fully saturated rings. The van der Waals surface area contributed by atoms with E-state index in [9.17, 15) is 26.8 Å². The second-order valence-corrected chi connectivity index (χ2v) is 6.38. The third-order valence-corrected chi connectivity index (χ3v) is 4.36. The number of alkyl halides is 2. The summed E-state index contributed by atoms with van der Waals surface area (Å²) in [7, 11) is -4.47. The second kappa shape index (κ2) is 5.28. The molecule has 0 spiro atoms. The minimum absolute atomic E-state index is 0.196. The molecule has 0 saturated heterocycles. The SMILES string of the molecule is O=C1c2ccccc2C(=O)N1CCCS(=O)(=O)C(F)F. The van der Waals surface area contributed by atoms with Crippen molar-refractivity contribution in [2.75, 3.05) is 12.3 Å². The van der Waals surface area contributed by atoms with E-state index in [2.05, 4.69) is 0 Å². The molecule has 1 heterocycles. The van der Waals surface area contributed by atoms with Crippen molar-refractivity contribution in [2.24, 2.45) is 0 Å². The van der Waals surface area contributed by atoms with E-state index in [4.69, 9.17) is 0 Å². The van der Waals surface area contributed by atoms with Gasteiger partial charge in [0.25, 0.3) is 11.8 Å². The van der Waals surface area contributed by atoms with E-state index in [1.54, 1.807) is 12.1 Å². The molecular formula is C12H11F2NO4S. The molecule has 0 N–H and O–H groups in total. The molecule has 0 bridgehead atoms. The summed E-state index contributed by atoms with van der Waals surface area (Å²) < 4.78 is 46.2. The molecule has 2 rings (SSSR count). The lowest BCUT2D eigenvalue weighted by Crippen LogP contribution is -2.32. The number of fused-ring (bicyclic) bond motifs is 1. The van der Waals surface area contributed by atoms with Crippen LogP contribution in [0.15, 0.2) is 24.3 Å². The number of hydrogen-bond acceptors (Lipinski definition) is 4. The van der Waals surface area contributed by atoms with Crippen molar-refractivity contribution < 1.29 is 26.8 Å². The Morgan fingerprint density at radius 3 is 2.00 bits per heavy atom. The van der Waals surface area contributed by atoms with Crippen molar-refractivity contribution in [3.8, 4) is 0 Å². The van der Waals surface area contributed by atoms with E-state index < -0.39 is 33.2 Å². The molecule has 20 heavy (non-hydrogen) atoms. The summed E-state index contributed by atoms with van der Waals surface area (Å²) >= 11 is 0. The highest BCUT2D eigenvalue weighted by Gasteiger charge is 2.35. The van der Waals surface area contributed by atoms with Gasteiger partial charge in [0.05, 0.1) is 16.9 Å². The van der Waals surface area contributed by atoms with Crippen molar-refractivity contribution in [3.63, 3.8) is 0 Å². The van der Waals surface area contributed by atoms with E-state index >= 15 is 0 Å². The second-order valence-electron chi connectivity index (χ2n) is 4.29. The lowest BCUT2D eigenvalue weighted by Gasteiger charge is -2.13. The van der Waals surface area contributed by atoms with Crippen LogP contribution in [0.1, 0.15) is 27.1 Å². The zero-order valence-corrected chi connectivity index (χ0v) is 11.1. The van der Waals surface area contributed by atoms with Crippen LogP contribution in [0, 0.1) is 0 Å². The minimum atomic E-state index is -4.47. The van der Waals surface area contributed by atoms with E-state index in [1.807, 2.05) is 0 Å². The van der Waals surface area contributed by atoms with Crippen LogP contribution in [-0.4, -0.2) is 43.2 Å². The van der Waals surface area contributed by atoms with Crippen LogP contribution < -0.4 is 0 Å². The van der Waals surface area contributed by atoms with E-state index in [1.165, 1.54) is 12.1 Å². The summed E-state index contributed by atoms with van der Waals surface area (Å²) in [6.45, 7) is -0.196. The van der Waals surface area contributed by atoms with Gasteiger partial charge in [-0.25, -0.2) is 8.42 Å². The molecule has 0 saturated carbocycles. The number of carbonyl (C=O) groups is 2. The number of carbonyl (C=O) groups excluding carboxylic acids is 2. The number of sulfone groups is 1. The molecule has 8 heteroatoms. The lowest BCUT2D eigenvalue weighted by molar-refractivity contribution is 0.0654. The first-order valence-corrected chi connectivity index (χ1v) is 7.51. The Kier molecular flexibility index (Phi) is 3.85. The van der Waals surface area contributed by atoms with Crippen molar-refractivity contribution in [2.45, 2.75) is 12.2 Å². The van der Waals surface area contributed by atoms with Crippen molar-refractivity contribution in [3.05, 3.63) is 35.4 Å². The first-order valence-electron chi connectivity index (χ1n) is 5.79. The molecule has 0 aromatic heterocycles. The third kappa shape index (κ3) is 2.55. The van der Waals surface area contributed by atoms with E-state index in [-0.39, 0.29) is 24.1 Å². The predicted molar refractivity (Wildman–Crippen MR) is 66.2 cm³/mol. The van der Waals surface area contributed by atoms with Gasteiger partial charge >= 0.3 is 5.76 Å². The standard InChI is InChI=1S/C12H11F2NO4S/c13-12(14)20(18,19)7-3-6-15-10(16)8-4-1-2-5-9(8)11(15)17/h1-2,4-5,12H,3,6-7H2. The number of amides is 2. The number of imide groups is 1. The lowest BCUT2D eigenvalue weighted by atomic mass is 10.1. The quantitative estimate of drug-likeness (QED) is 0.769. The van der Waals surface area contributed by atoms with Crippen molar-refractivity contribution >= 4 is 21.7 Å². The fraction of sp³-hybridized carbons (Fsp3) is 0.333. The number of halogens is 2. The molecular weight excluding hydrogens is 292 g/mol. The summed E-state index contributed by atoms with van der Waals surface area (Å²) in [5, 5.41) is 0. The molecule has 1 aliphatic rings. The molecule has 0 radical (unpaired) electrons. The minimum Gasteiger partial charge on any atom is -0.274 e. The molecule has 0 aliphatic carbocycles. The zero-order valence-electron chi connectivity index (χ0n) is 10.3. The monoisotopic (exact) mass is 303 g/mol. The van der Waals surface area contributed by atoms with Crippen LogP contribution in [0.2, 0.25) is 0 Å². The smallest absolute Gasteiger partial charge is 0.274 e. The fourth-order valence-electron chi connectivity index (χ4n) is 1.96. The van der Waals surface area contributed by atoms with Crippen molar-refractivity contribution in [1.29, 1.82) is 0 Å². The molecule has 1 aromatic carbocycles. The summed E-state index contributed by atoms with van der Waals surface area (Å²) in [6, 6.07) is 6.19. The summed E-state index contributed by atoms with van der Waals surface area (Å²) in [6.07, 6.45) is -0.210. The van der Waals surface area contributed by atoms with Crippen LogP contribution in [-0.2, 0) is 9.84 Å². The first kappa shape index (κ1) is 14.6. The summed E-state index contributed by atoms with van der Waals surface area (Å²) in [5.41, 5.74) is 0.489. The van der Waals surface area contributed by atoms with Gasteiger partial charge in [-0.1, -0.05) is 12.1 Å². The van der Waals surface area contributed by atoms with Gasteiger partial charge in [-0.2, -0.15) is 8.78 Å². The van der Waals surface area contributed by atoms with Gasteiger partial charge in [-0.05, 0) is 18.6 Å². The van der Waals surface area contributed by atoms with Gasteiger partial charge in [0.2, 0.25) is 9.84 Å². The summed E-state index contributed by atoms with van der Waals surface area (Å²) in [4.78, 5) is 24.7. The van der Waals surface area contributed by atoms with Crippen LogP contribution in [0.3, 0.4) is 0 Å². The Morgan fingerprint density at radius 1 is 1.05 bits per heavy atom. The predicted octanol–water partition coefficient (Wildman–Crippen LogP) is 1.31. The number of benzene rings is 1. The fourth-order valence-corrected chi connectivity index (χ4v) is 2.66. The highest BCUT2D eigenvalue weighted by Crippen LogP contribution is 2.22. The number of rotatable bonds is 5. The Labute approximate surface area is 114 Å². The normalized spacial score (nSPS) is 15.1. The molecule has 0 atom stereocenters. The van der Waals surface area contributed by atoms with Gasteiger partial charge in [0.15, 0.2) is 0 Å². The maximum absolute atomic E-state index is 12.1. The third-order valence-electron chi connectivity index (χ3n) is 2.96. The highest BCUT2D eigenvalue weighted by atomic mass is 32.2. The molecule has 108 valence electrons. The van der Waals surface area contributed by atoms with Crippen LogP contribution in [0.25, 0.3) is 0 Å². The molecule has 5 nitrogen and oxygen atoms in total. The maximum atomic E-state index is 12.1. The number of nitrogens with zero attached hydrogens (tertiary/aromatic N) is 1. The van der Waals surface area contributed by atoms with Crippen LogP contribution in [0.4, 0.5) is 8.78 Å². The average molecular weight is 303 g/mol.